The summed E-state index contributed by atoms with van der Waals surface area (Å²) in [5.74, 6) is 0.680. The topological polar surface area (TPSA) is 21.3 Å². The molecule has 18 heavy (non-hydrogen) atoms. The Hall–Kier alpha value is -1.87. The molecule has 0 amide bonds. The van der Waals surface area contributed by atoms with Crippen LogP contribution < -0.4 is 10.1 Å². The Balaban J connectivity index is 1.66. The molecule has 0 bridgehead atoms. The third kappa shape index (κ3) is 3.86. The van der Waals surface area contributed by atoms with E-state index >= 15 is 0 Å². The first-order valence-electron chi connectivity index (χ1n) is 5.98. The van der Waals surface area contributed by atoms with Crippen molar-refractivity contribution in [3.8, 4) is 5.75 Å². The van der Waals surface area contributed by atoms with E-state index in [1.54, 1.807) is 12.1 Å². The standard InChI is InChI=1S/C15H16FNO/c16-15-9-5-4-6-13(15)12-17-10-11-18-14-7-2-1-3-8-14/h1-9,17H,10-12H2. The number of para-hydroxylation sites is 1. The molecule has 0 saturated heterocycles. The zero-order valence-corrected chi connectivity index (χ0v) is 10.1. The molecule has 2 nitrogen and oxygen atoms in total. The van der Waals surface area contributed by atoms with Crippen LogP contribution in [0.4, 0.5) is 4.39 Å². The van der Waals surface area contributed by atoms with Crippen LogP contribution in [0.25, 0.3) is 0 Å². The van der Waals surface area contributed by atoms with Gasteiger partial charge in [0.15, 0.2) is 0 Å². The summed E-state index contributed by atoms with van der Waals surface area (Å²) in [6.45, 7) is 1.77. The fourth-order valence-electron chi connectivity index (χ4n) is 1.62. The zero-order chi connectivity index (χ0) is 12.6. The normalized spacial score (nSPS) is 10.3. The van der Waals surface area contributed by atoms with Crippen molar-refractivity contribution < 1.29 is 9.13 Å². The largest absolute Gasteiger partial charge is 0.492 e. The van der Waals surface area contributed by atoms with Crippen LogP contribution in [0, 0.1) is 5.82 Å². The van der Waals surface area contributed by atoms with Gasteiger partial charge in [-0.25, -0.2) is 4.39 Å². The Morgan fingerprint density at radius 3 is 2.44 bits per heavy atom. The highest BCUT2D eigenvalue weighted by atomic mass is 19.1. The Kier molecular flexibility index (Phi) is 4.73. The van der Waals surface area contributed by atoms with E-state index in [9.17, 15) is 4.39 Å². The minimum atomic E-state index is -0.172. The van der Waals surface area contributed by atoms with Gasteiger partial charge in [0.25, 0.3) is 0 Å². The average molecular weight is 245 g/mol. The average Bonchev–Trinajstić information content (AvgIpc) is 2.42. The lowest BCUT2D eigenvalue weighted by atomic mass is 10.2. The Morgan fingerprint density at radius 1 is 0.944 bits per heavy atom. The molecule has 0 fully saturated rings. The van der Waals surface area contributed by atoms with Crippen LogP contribution in [0.2, 0.25) is 0 Å². The molecular formula is C15H16FNO. The van der Waals surface area contributed by atoms with Gasteiger partial charge in [0.2, 0.25) is 0 Å². The maximum absolute atomic E-state index is 13.3. The summed E-state index contributed by atoms with van der Waals surface area (Å²) in [4.78, 5) is 0. The smallest absolute Gasteiger partial charge is 0.127 e. The summed E-state index contributed by atoms with van der Waals surface area (Å²) < 4.78 is 18.8. The molecule has 0 spiro atoms. The number of hydrogen-bond acceptors (Lipinski definition) is 2. The molecule has 0 aliphatic rings. The van der Waals surface area contributed by atoms with Gasteiger partial charge in [0, 0.05) is 18.7 Å². The molecule has 2 aromatic rings. The van der Waals surface area contributed by atoms with Crippen LogP contribution in [0.1, 0.15) is 5.56 Å². The molecule has 0 saturated carbocycles. The van der Waals surface area contributed by atoms with E-state index in [4.69, 9.17) is 4.74 Å². The van der Waals surface area contributed by atoms with Crippen molar-refractivity contribution >= 4 is 0 Å². The van der Waals surface area contributed by atoms with Crippen molar-refractivity contribution in [3.63, 3.8) is 0 Å². The minimum absolute atomic E-state index is 0.172. The maximum atomic E-state index is 13.3. The SMILES string of the molecule is Fc1ccccc1CNCCOc1ccccc1. The second-order valence-corrected chi connectivity index (χ2v) is 3.93. The van der Waals surface area contributed by atoms with Crippen molar-refractivity contribution in [1.82, 2.24) is 5.32 Å². The predicted molar refractivity (Wildman–Crippen MR) is 70.0 cm³/mol. The highest BCUT2D eigenvalue weighted by Gasteiger charge is 1.99. The van der Waals surface area contributed by atoms with E-state index in [0.29, 0.717) is 25.3 Å². The van der Waals surface area contributed by atoms with Crippen LogP contribution in [0.3, 0.4) is 0 Å². The van der Waals surface area contributed by atoms with E-state index in [1.165, 1.54) is 6.07 Å². The number of benzene rings is 2. The van der Waals surface area contributed by atoms with Gasteiger partial charge in [0.1, 0.15) is 18.2 Å². The molecule has 0 atom stereocenters. The van der Waals surface area contributed by atoms with Gasteiger partial charge in [-0.3, -0.25) is 0 Å². The van der Waals surface area contributed by atoms with Crippen LogP contribution >= 0.6 is 0 Å². The summed E-state index contributed by atoms with van der Waals surface area (Å²) in [7, 11) is 0. The maximum Gasteiger partial charge on any atom is 0.127 e. The molecule has 0 heterocycles. The van der Waals surface area contributed by atoms with Crippen molar-refractivity contribution in [3.05, 3.63) is 66.0 Å². The molecule has 94 valence electrons. The second kappa shape index (κ2) is 6.77. The first-order chi connectivity index (χ1) is 8.86. The highest BCUT2D eigenvalue weighted by Crippen LogP contribution is 2.08. The van der Waals surface area contributed by atoms with Crippen LogP contribution in [0.15, 0.2) is 54.6 Å². The van der Waals surface area contributed by atoms with Crippen LogP contribution in [-0.2, 0) is 6.54 Å². The summed E-state index contributed by atoms with van der Waals surface area (Å²) in [5.41, 5.74) is 0.678. The van der Waals surface area contributed by atoms with Gasteiger partial charge >= 0.3 is 0 Å². The number of ether oxygens (including phenoxy) is 1. The van der Waals surface area contributed by atoms with Crippen LogP contribution in [-0.4, -0.2) is 13.2 Å². The lowest BCUT2D eigenvalue weighted by Gasteiger charge is -2.08. The van der Waals surface area contributed by atoms with E-state index in [0.717, 1.165) is 5.75 Å². The van der Waals surface area contributed by atoms with Gasteiger partial charge < -0.3 is 10.1 Å². The van der Waals surface area contributed by atoms with E-state index in [2.05, 4.69) is 5.32 Å². The molecule has 0 unspecified atom stereocenters. The molecule has 2 rings (SSSR count). The first-order valence-corrected chi connectivity index (χ1v) is 5.98. The lowest BCUT2D eigenvalue weighted by Crippen LogP contribution is -2.21. The third-order valence-corrected chi connectivity index (χ3v) is 2.56. The monoisotopic (exact) mass is 245 g/mol. The molecule has 0 radical (unpaired) electrons. The third-order valence-electron chi connectivity index (χ3n) is 2.56. The molecule has 0 aliphatic carbocycles. The van der Waals surface area contributed by atoms with E-state index in [-0.39, 0.29) is 5.82 Å². The summed E-state index contributed by atoms with van der Waals surface area (Å²) in [5, 5.41) is 3.15. The zero-order valence-electron chi connectivity index (χ0n) is 10.1. The van der Waals surface area contributed by atoms with Gasteiger partial charge in [-0.15, -0.1) is 0 Å². The quantitative estimate of drug-likeness (QED) is 0.790. The number of halogens is 1. The lowest BCUT2D eigenvalue weighted by molar-refractivity contribution is 0.313. The Labute approximate surface area is 106 Å². The van der Waals surface area contributed by atoms with Crippen LogP contribution in [0.5, 0.6) is 5.75 Å². The first kappa shape index (κ1) is 12.6. The van der Waals surface area contributed by atoms with E-state index in [1.807, 2.05) is 36.4 Å². The van der Waals surface area contributed by atoms with Crippen molar-refractivity contribution in [2.75, 3.05) is 13.2 Å². The minimum Gasteiger partial charge on any atom is -0.492 e. The summed E-state index contributed by atoms with van der Waals surface area (Å²) in [6.07, 6.45) is 0. The predicted octanol–water partition coefficient (Wildman–Crippen LogP) is 2.99. The van der Waals surface area contributed by atoms with Crippen molar-refractivity contribution in [2.24, 2.45) is 0 Å². The fourth-order valence-corrected chi connectivity index (χ4v) is 1.62. The van der Waals surface area contributed by atoms with Crippen molar-refractivity contribution in [1.29, 1.82) is 0 Å². The Morgan fingerprint density at radius 2 is 1.67 bits per heavy atom. The van der Waals surface area contributed by atoms with Gasteiger partial charge in [-0.05, 0) is 18.2 Å². The number of rotatable bonds is 6. The summed E-state index contributed by atoms with van der Waals surface area (Å²) >= 11 is 0. The molecular weight excluding hydrogens is 229 g/mol. The summed E-state index contributed by atoms with van der Waals surface area (Å²) in [6, 6.07) is 16.4. The second-order valence-electron chi connectivity index (χ2n) is 3.93. The molecule has 1 N–H and O–H groups in total. The van der Waals surface area contributed by atoms with E-state index < -0.39 is 0 Å². The fraction of sp³-hybridized carbons (Fsp3) is 0.200. The van der Waals surface area contributed by atoms with Crippen molar-refractivity contribution in [2.45, 2.75) is 6.54 Å². The highest BCUT2D eigenvalue weighted by molar-refractivity contribution is 5.21. The van der Waals surface area contributed by atoms with Gasteiger partial charge in [-0.2, -0.15) is 0 Å². The Bertz CT molecular complexity index is 473. The van der Waals surface area contributed by atoms with Gasteiger partial charge in [-0.1, -0.05) is 36.4 Å². The molecule has 2 aromatic carbocycles. The molecule has 0 aliphatic heterocycles. The number of nitrogens with one attached hydrogen (secondary N) is 1. The van der Waals surface area contributed by atoms with Gasteiger partial charge in [0.05, 0.1) is 0 Å². The molecule has 3 heteroatoms. The number of hydrogen-bond donors (Lipinski definition) is 1. The molecule has 0 aromatic heterocycles.